The van der Waals surface area contributed by atoms with Crippen molar-refractivity contribution >= 4 is 16.7 Å². The van der Waals surface area contributed by atoms with Gasteiger partial charge in [-0.15, -0.1) is 0 Å². The van der Waals surface area contributed by atoms with E-state index in [1.54, 1.807) is 6.20 Å². The molecule has 0 aliphatic carbocycles. The van der Waals surface area contributed by atoms with Crippen LogP contribution in [-0.2, 0) is 4.74 Å². The van der Waals surface area contributed by atoms with Gasteiger partial charge >= 0.3 is 0 Å². The number of pyridine rings is 1. The van der Waals surface area contributed by atoms with E-state index in [2.05, 4.69) is 10.3 Å². The van der Waals surface area contributed by atoms with Crippen LogP contribution in [0.4, 0.5) is 0 Å². The highest BCUT2D eigenvalue weighted by Gasteiger charge is 2.24. The predicted octanol–water partition coefficient (Wildman–Crippen LogP) is 1.41. The second-order valence-corrected chi connectivity index (χ2v) is 4.31. The van der Waals surface area contributed by atoms with Gasteiger partial charge in [-0.25, -0.2) is 0 Å². The lowest BCUT2D eigenvalue weighted by atomic mass is 10.0. The molecule has 2 heterocycles. The lowest BCUT2D eigenvalue weighted by Crippen LogP contribution is -2.43. The Kier molecular flexibility index (Phi) is 3.04. The van der Waals surface area contributed by atoms with Gasteiger partial charge in [0.1, 0.15) is 6.10 Å². The van der Waals surface area contributed by atoms with Crippen LogP contribution in [0.5, 0.6) is 0 Å². The van der Waals surface area contributed by atoms with Gasteiger partial charge in [-0.2, -0.15) is 0 Å². The molecule has 92 valence electrons. The smallest absolute Gasteiger partial charge is 0.195 e. The standard InChI is InChI=1S/C14H14N2O2/c17-14(12-9-15-7-8-18-12)11-5-1-3-10-4-2-6-16-13(10)11/h1-6,12,15H,7-9H2. The number of hydrogen-bond acceptors (Lipinski definition) is 4. The molecule has 0 spiro atoms. The fraction of sp³-hybridized carbons (Fsp3) is 0.286. The lowest BCUT2D eigenvalue weighted by molar-refractivity contribution is 0.0270. The van der Waals surface area contributed by atoms with Gasteiger partial charge < -0.3 is 10.1 Å². The third kappa shape index (κ3) is 2.00. The van der Waals surface area contributed by atoms with Crippen LogP contribution in [0, 0.1) is 0 Å². The number of carbonyl (C=O) groups is 1. The van der Waals surface area contributed by atoms with Crippen molar-refractivity contribution in [3.8, 4) is 0 Å². The highest BCUT2D eigenvalue weighted by atomic mass is 16.5. The SMILES string of the molecule is O=C(c1cccc2cccnc12)C1CNCCO1. The maximum absolute atomic E-state index is 12.4. The van der Waals surface area contributed by atoms with Crippen LogP contribution in [0.2, 0.25) is 0 Å². The summed E-state index contributed by atoms with van der Waals surface area (Å²) in [7, 11) is 0. The number of ether oxygens (including phenoxy) is 1. The number of aromatic nitrogens is 1. The minimum absolute atomic E-state index is 0.00602. The Hall–Kier alpha value is -1.78. The Morgan fingerprint density at radius 3 is 3.06 bits per heavy atom. The molecule has 4 nitrogen and oxygen atoms in total. The van der Waals surface area contributed by atoms with Gasteiger partial charge in [0, 0.05) is 30.2 Å². The molecule has 1 atom stereocenters. The fourth-order valence-corrected chi connectivity index (χ4v) is 2.21. The molecule has 0 bridgehead atoms. The number of ketones is 1. The van der Waals surface area contributed by atoms with E-state index in [1.807, 2.05) is 30.3 Å². The number of carbonyl (C=O) groups excluding carboxylic acids is 1. The third-order valence-corrected chi connectivity index (χ3v) is 3.12. The van der Waals surface area contributed by atoms with E-state index < -0.39 is 6.10 Å². The number of morpholine rings is 1. The normalized spacial score (nSPS) is 19.9. The van der Waals surface area contributed by atoms with Crippen LogP contribution >= 0.6 is 0 Å². The minimum Gasteiger partial charge on any atom is -0.367 e. The zero-order chi connectivity index (χ0) is 12.4. The number of Topliss-reactive ketones (excluding diaryl/α,β-unsaturated/α-hetero) is 1. The minimum atomic E-state index is -0.397. The molecule has 0 saturated carbocycles. The first-order valence-corrected chi connectivity index (χ1v) is 6.06. The summed E-state index contributed by atoms with van der Waals surface area (Å²) in [6.07, 6.45) is 1.31. The molecule has 1 aliphatic heterocycles. The predicted molar refractivity (Wildman–Crippen MR) is 68.7 cm³/mol. The monoisotopic (exact) mass is 242 g/mol. The topological polar surface area (TPSA) is 51.2 Å². The quantitative estimate of drug-likeness (QED) is 0.809. The van der Waals surface area contributed by atoms with E-state index in [-0.39, 0.29) is 5.78 Å². The van der Waals surface area contributed by atoms with Gasteiger partial charge in [-0.1, -0.05) is 18.2 Å². The van der Waals surface area contributed by atoms with Gasteiger partial charge in [-0.3, -0.25) is 9.78 Å². The molecule has 1 unspecified atom stereocenters. The summed E-state index contributed by atoms with van der Waals surface area (Å²) in [5, 5.41) is 4.15. The molecule has 18 heavy (non-hydrogen) atoms. The van der Waals surface area contributed by atoms with Crippen molar-refractivity contribution in [2.24, 2.45) is 0 Å². The Labute approximate surface area is 105 Å². The van der Waals surface area contributed by atoms with Gasteiger partial charge in [0.2, 0.25) is 0 Å². The molecule has 0 amide bonds. The Bertz CT molecular complexity index is 572. The van der Waals surface area contributed by atoms with E-state index in [0.717, 1.165) is 17.4 Å². The molecular weight excluding hydrogens is 228 g/mol. The molecular formula is C14H14N2O2. The van der Waals surface area contributed by atoms with Gasteiger partial charge in [0.05, 0.1) is 12.1 Å². The molecule has 4 heteroatoms. The van der Waals surface area contributed by atoms with Crippen molar-refractivity contribution in [1.29, 1.82) is 0 Å². The van der Waals surface area contributed by atoms with E-state index in [0.29, 0.717) is 18.7 Å². The Morgan fingerprint density at radius 2 is 2.22 bits per heavy atom. The summed E-state index contributed by atoms with van der Waals surface area (Å²) in [6, 6.07) is 9.48. The van der Waals surface area contributed by atoms with Crippen molar-refractivity contribution in [2.45, 2.75) is 6.10 Å². The fourth-order valence-electron chi connectivity index (χ4n) is 2.21. The van der Waals surface area contributed by atoms with Crippen molar-refractivity contribution in [3.63, 3.8) is 0 Å². The van der Waals surface area contributed by atoms with Crippen molar-refractivity contribution in [1.82, 2.24) is 10.3 Å². The Balaban J connectivity index is 2.00. The van der Waals surface area contributed by atoms with Crippen LogP contribution in [0.3, 0.4) is 0 Å². The van der Waals surface area contributed by atoms with E-state index >= 15 is 0 Å². The van der Waals surface area contributed by atoms with Crippen LogP contribution in [0.25, 0.3) is 10.9 Å². The summed E-state index contributed by atoms with van der Waals surface area (Å²) >= 11 is 0. The average molecular weight is 242 g/mol. The van der Waals surface area contributed by atoms with Gasteiger partial charge in [0.15, 0.2) is 5.78 Å². The molecule has 1 aliphatic rings. The zero-order valence-corrected chi connectivity index (χ0v) is 9.93. The summed E-state index contributed by atoms with van der Waals surface area (Å²) in [4.78, 5) is 16.7. The maximum atomic E-state index is 12.4. The number of hydrogen-bond donors (Lipinski definition) is 1. The van der Waals surface area contributed by atoms with Gasteiger partial charge in [-0.05, 0) is 12.1 Å². The number of para-hydroxylation sites is 1. The lowest BCUT2D eigenvalue weighted by Gasteiger charge is -2.22. The molecule has 0 radical (unpaired) electrons. The summed E-state index contributed by atoms with van der Waals surface area (Å²) in [5.74, 6) is 0.00602. The number of rotatable bonds is 2. The van der Waals surface area contributed by atoms with Crippen molar-refractivity contribution in [3.05, 3.63) is 42.1 Å². The van der Waals surface area contributed by atoms with E-state index in [1.165, 1.54) is 0 Å². The first-order chi connectivity index (χ1) is 8.86. The van der Waals surface area contributed by atoms with Crippen LogP contribution in [0.1, 0.15) is 10.4 Å². The number of benzene rings is 1. The maximum Gasteiger partial charge on any atom is 0.195 e. The van der Waals surface area contributed by atoms with Crippen LogP contribution in [0.15, 0.2) is 36.5 Å². The number of nitrogens with one attached hydrogen (secondary N) is 1. The second kappa shape index (κ2) is 4.84. The molecule has 1 aromatic carbocycles. The highest BCUT2D eigenvalue weighted by Crippen LogP contribution is 2.18. The third-order valence-electron chi connectivity index (χ3n) is 3.12. The number of fused-ring (bicyclic) bond motifs is 1. The summed E-state index contributed by atoms with van der Waals surface area (Å²) < 4.78 is 5.50. The van der Waals surface area contributed by atoms with Gasteiger partial charge in [0.25, 0.3) is 0 Å². The van der Waals surface area contributed by atoms with E-state index in [9.17, 15) is 4.79 Å². The largest absolute Gasteiger partial charge is 0.367 e. The molecule has 2 aromatic rings. The highest BCUT2D eigenvalue weighted by molar-refractivity contribution is 6.08. The Morgan fingerprint density at radius 1 is 1.33 bits per heavy atom. The van der Waals surface area contributed by atoms with Crippen molar-refractivity contribution in [2.75, 3.05) is 19.7 Å². The second-order valence-electron chi connectivity index (χ2n) is 4.31. The summed E-state index contributed by atoms with van der Waals surface area (Å²) in [6.45, 7) is 1.95. The van der Waals surface area contributed by atoms with Crippen LogP contribution < -0.4 is 5.32 Å². The molecule has 1 saturated heterocycles. The van der Waals surface area contributed by atoms with E-state index in [4.69, 9.17) is 4.74 Å². The molecule has 1 aromatic heterocycles. The zero-order valence-electron chi connectivity index (χ0n) is 9.93. The summed E-state index contributed by atoms with van der Waals surface area (Å²) in [5.41, 5.74) is 1.39. The number of nitrogens with zero attached hydrogens (tertiary/aromatic N) is 1. The first kappa shape index (κ1) is 11.3. The van der Waals surface area contributed by atoms with Crippen LogP contribution in [-0.4, -0.2) is 36.6 Å². The average Bonchev–Trinajstić information content (AvgIpc) is 2.47. The van der Waals surface area contributed by atoms with Crippen molar-refractivity contribution < 1.29 is 9.53 Å². The molecule has 1 fully saturated rings. The molecule has 3 rings (SSSR count). The molecule has 1 N–H and O–H groups in total. The first-order valence-electron chi connectivity index (χ1n) is 6.06.